The lowest BCUT2D eigenvalue weighted by Gasteiger charge is -2.27. The molecule has 0 bridgehead atoms. The third-order valence-electron chi connectivity index (χ3n) is 3.22. The van der Waals surface area contributed by atoms with E-state index in [1.54, 1.807) is 0 Å². The molecule has 86 valence electrons. The topological polar surface area (TPSA) is 22.1 Å². The maximum atomic E-state index is 6.02. The summed E-state index contributed by atoms with van der Waals surface area (Å²) in [5.74, 6) is 0.989. The maximum Gasteiger partial charge on any atom is 0.127 e. The summed E-state index contributed by atoms with van der Waals surface area (Å²) < 4.78 is 6.02. The maximum absolute atomic E-state index is 6.02. The molecular weight excluding hydrogens is 210 g/mol. The summed E-state index contributed by atoms with van der Waals surface area (Å²) in [6, 6.07) is 12.3. The highest BCUT2D eigenvalue weighted by atomic mass is 16.5. The summed E-state index contributed by atoms with van der Waals surface area (Å²) in [5, 5.41) is 0. The molecule has 2 heteroatoms. The summed E-state index contributed by atoms with van der Waals surface area (Å²) in [5.41, 5.74) is 2.32. The van der Waals surface area contributed by atoms with E-state index in [9.17, 15) is 0 Å². The molecule has 0 atom stereocenters. The summed E-state index contributed by atoms with van der Waals surface area (Å²) in [7, 11) is 0. The van der Waals surface area contributed by atoms with E-state index >= 15 is 0 Å². The van der Waals surface area contributed by atoms with Crippen LogP contribution in [0.4, 0.5) is 0 Å². The smallest absolute Gasteiger partial charge is 0.127 e. The number of para-hydroxylation sites is 1. The van der Waals surface area contributed by atoms with Crippen LogP contribution in [-0.4, -0.2) is 11.1 Å². The van der Waals surface area contributed by atoms with E-state index in [2.05, 4.69) is 11.1 Å². The van der Waals surface area contributed by atoms with Gasteiger partial charge in [-0.3, -0.25) is 4.98 Å². The lowest BCUT2D eigenvalue weighted by Crippen LogP contribution is -2.24. The molecule has 1 fully saturated rings. The Balaban J connectivity index is 1.92. The van der Waals surface area contributed by atoms with Crippen molar-refractivity contribution >= 4 is 0 Å². The van der Waals surface area contributed by atoms with E-state index in [4.69, 9.17) is 4.74 Å². The number of hydrogen-bond acceptors (Lipinski definition) is 2. The number of aromatic nitrogens is 1. The second-order valence-corrected chi connectivity index (χ2v) is 4.40. The van der Waals surface area contributed by atoms with Crippen molar-refractivity contribution in [3.05, 3.63) is 48.8 Å². The van der Waals surface area contributed by atoms with Gasteiger partial charge in [-0.2, -0.15) is 0 Å². The Morgan fingerprint density at radius 2 is 1.76 bits per heavy atom. The Morgan fingerprint density at radius 1 is 1.00 bits per heavy atom. The van der Waals surface area contributed by atoms with Crippen LogP contribution in [0.5, 0.6) is 5.75 Å². The van der Waals surface area contributed by atoms with Crippen LogP contribution in [0.25, 0.3) is 11.1 Å². The van der Waals surface area contributed by atoms with Crippen molar-refractivity contribution in [3.8, 4) is 16.9 Å². The van der Waals surface area contributed by atoms with Crippen LogP contribution in [0.1, 0.15) is 19.3 Å². The first kappa shape index (κ1) is 10.3. The highest BCUT2D eigenvalue weighted by Gasteiger charge is 2.20. The molecule has 0 amide bonds. The minimum absolute atomic E-state index is 0.415. The highest BCUT2D eigenvalue weighted by Crippen LogP contribution is 2.33. The lowest BCUT2D eigenvalue weighted by molar-refractivity contribution is 0.121. The van der Waals surface area contributed by atoms with Gasteiger partial charge in [-0.25, -0.2) is 0 Å². The fourth-order valence-electron chi connectivity index (χ4n) is 2.01. The van der Waals surface area contributed by atoms with Crippen molar-refractivity contribution in [2.45, 2.75) is 25.4 Å². The standard InChI is InChI=1S/C15H15NO/c1-2-7-15(17-13-4-3-5-13)14(6-1)12-8-10-16-11-9-12/h1-2,6-11,13H,3-5H2. The van der Waals surface area contributed by atoms with Gasteiger partial charge in [0.15, 0.2) is 0 Å². The summed E-state index contributed by atoms with van der Waals surface area (Å²) in [4.78, 5) is 4.05. The van der Waals surface area contributed by atoms with Crippen LogP contribution in [0.2, 0.25) is 0 Å². The SMILES string of the molecule is c1ccc(-c2ccncc2)c(OC2CCC2)c1. The van der Waals surface area contributed by atoms with Gasteiger partial charge in [0.05, 0.1) is 6.10 Å². The van der Waals surface area contributed by atoms with Crippen LogP contribution in [0.15, 0.2) is 48.8 Å². The number of nitrogens with zero attached hydrogens (tertiary/aromatic N) is 1. The first-order valence-corrected chi connectivity index (χ1v) is 6.09. The molecule has 17 heavy (non-hydrogen) atoms. The molecule has 1 aliphatic carbocycles. The van der Waals surface area contributed by atoms with Gasteiger partial charge in [0.2, 0.25) is 0 Å². The molecule has 0 unspecified atom stereocenters. The van der Waals surface area contributed by atoms with Crippen LogP contribution >= 0.6 is 0 Å². The minimum atomic E-state index is 0.415. The van der Waals surface area contributed by atoms with Gasteiger partial charge in [-0.1, -0.05) is 18.2 Å². The fourth-order valence-corrected chi connectivity index (χ4v) is 2.01. The predicted molar refractivity (Wildman–Crippen MR) is 67.9 cm³/mol. The van der Waals surface area contributed by atoms with Crippen LogP contribution < -0.4 is 4.74 Å². The van der Waals surface area contributed by atoms with E-state index in [1.165, 1.54) is 19.3 Å². The Kier molecular flexibility index (Phi) is 2.78. The van der Waals surface area contributed by atoms with Crippen LogP contribution in [0.3, 0.4) is 0 Å². The number of ether oxygens (including phenoxy) is 1. The fraction of sp³-hybridized carbons (Fsp3) is 0.267. The van der Waals surface area contributed by atoms with Gasteiger partial charge in [-0.15, -0.1) is 0 Å². The normalized spacial score (nSPS) is 15.3. The Labute approximate surface area is 101 Å². The van der Waals surface area contributed by atoms with Crippen molar-refractivity contribution < 1.29 is 4.74 Å². The molecule has 1 aromatic heterocycles. The second-order valence-electron chi connectivity index (χ2n) is 4.40. The molecule has 0 saturated heterocycles. The van der Waals surface area contributed by atoms with E-state index < -0.39 is 0 Å². The molecule has 1 heterocycles. The second kappa shape index (κ2) is 4.58. The molecule has 3 rings (SSSR count). The molecule has 2 nitrogen and oxygen atoms in total. The Morgan fingerprint density at radius 3 is 2.47 bits per heavy atom. The predicted octanol–water partition coefficient (Wildman–Crippen LogP) is 3.68. The van der Waals surface area contributed by atoms with Gasteiger partial charge >= 0.3 is 0 Å². The zero-order valence-corrected chi connectivity index (χ0v) is 9.67. The highest BCUT2D eigenvalue weighted by molar-refractivity contribution is 5.69. The zero-order chi connectivity index (χ0) is 11.5. The van der Waals surface area contributed by atoms with E-state index in [0.717, 1.165) is 16.9 Å². The number of hydrogen-bond donors (Lipinski definition) is 0. The Hall–Kier alpha value is -1.83. The largest absolute Gasteiger partial charge is 0.490 e. The number of rotatable bonds is 3. The molecule has 2 aromatic rings. The van der Waals surface area contributed by atoms with Gasteiger partial charge in [-0.05, 0) is 43.0 Å². The zero-order valence-electron chi connectivity index (χ0n) is 9.67. The molecule has 0 radical (unpaired) electrons. The van der Waals surface area contributed by atoms with Crippen molar-refractivity contribution in [2.75, 3.05) is 0 Å². The van der Waals surface area contributed by atoms with Crippen molar-refractivity contribution in [1.29, 1.82) is 0 Å². The average molecular weight is 225 g/mol. The third kappa shape index (κ3) is 2.16. The van der Waals surface area contributed by atoms with Gasteiger partial charge in [0.25, 0.3) is 0 Å². The monoisotopic (exact) mass is 225 g/mol. The number of pyridine rings is 1. The van der Waals surface area contributed by atoms with Crippen molar-refractivity contribution in [2.24, 2.45) is 0 Å². The summed E-state index contributed by atoms with van der Waals surface area (Å²) in [6.07, 6.45) is 7.71. The quantitative estimate of drug-likeness (QED) is 0.795. The molecule has 0 N–H and O–H groups in total. The molecule has 1 aromatic carbocycles. The molecular formula is C15H15NO. The molecule has 0 aliphatic heterocycles. The Bertz CT molecular complexity index is 491. The van der Waals surface area contributed by atoms with Crippen molar-refractivity contribution in [3.63, 3.8) is 0 Å². The molecule has 1 saturated carbocycles. The lowest BCUT2D eigenvalue weighted by atomic mass is 9.96. The number of benzene rings is 1. The van der Waals surface area contributed by atoms with Crippen LogP contribution in [0, 0.1) is 0 Å². The van der Waals surface area contributed by atoms with Crippen molar-refractivity contribution in [1.82, 2.24) is 4.98 Å². The molecule has 0 spiro atoms. The van der Waals surface area contributed by atoms with Gasteiger partial charge < -0.3 is 4.74 Å². The van der Waals surface area contributed by atoms with Gasteiger partial charge in [0, 0.05) is 18.0 Å². The first-order chi connectivity index (χ1) is 8.43. The van der Waals surface area contributed by atoms with E-state index in [1.807, 2.05) is 42.7 Å². The van der Waals surface area contributed by atoms with Crippen LogP contribution in [-0.2, 0) is 0 Å². The first-order valence-electron chi connectivity index (χ1n) is 6.09. The average Bonchev–Trinajstić information content (AvgIpc) is 2.35. The van der Waals surface area contributed by atoms with E-state index in [0.29, 0.717) is 6.10 Å². The van der Waals surface area contributed by atoms with Gasteiger partial charge in [0.1, 0.15) is 5.75 Å². The molecule has 1 aliphatic rings. The summed E-state index contributed by atoms with van der Waals surface area (Å²) in [6.45, 7) is 0. The summed E-state index contributed by atoms with van der Waals surface area (Å²) >= 11 is 0. The van der Waals surface area contributed by atoms with E-state index in [-0.39, 0.29) is 0 Å². The third-order valence-corrected chi connectivity index (χ3v) is 3.22. The minimum Gasteiger partial charge on any atom is -0.490 e.